The topological polar surface area (TPSA) is 28.7 Å². The lowest BCUT2D eigenvalue weighted by Crippen LogP contribution is -1.80. The Morgan fingerprint density at radius 2 is 1.92 bits per heavy atom. The summed E-state index contributed by atoms with van der Waals surface area (Å²) in [5, 5.41) is 6.79. The normalized spacial score (nSPS) is 10.3. The van der Waals surface area contributed by atoms with Crippen LogP contribution in [0, 0.1) is 5.82 Å². The zero-order valence-electron chi connectivity index (χ0n) is 6.59. The first-order valence-corrected chi connectivity index (χ1v) is 4.10. The predicted molar refractivity (Wildman–Crippen MR) is 49.0 cm³/mol. The van der Waals surface area contributed by atoms with Crippen LogP contribution in [0.25, 0.3) is 11.3 Å². The third kappa shape index (κ3) is 1.55. The summed E-state index contributed by atoms with van der Waals surface area (Å²) < 4.78 is 13.0. The molecule has 0 aliphatic rings. The molecule has 0 aliphatic carbocycles. The van der Waals surface area contributed by atoms with Crippen LogP contribution in [0.3, 0.4) is 0 Å². The molecule has 0 radical (unpaired) electrons. The lowest BCUT2D eigenvalue weighted by atomic mass is 10.1. The fourth-order valence-corrected chi connectivity index (χ4v) is 1.22. The standard InChI is InChI=1S/C9H6ClFN2/c10-7-3-1-6(2-4-7)9-8(11)5-12-13-9/h1-5H,(H,12,13). The van der Waals surface area contributed by atoms with Gasteiger partial charge in [0.2, 0.25) is 0 Å². The van der Waals surface area contributed by atoms with Gasteiger partial charge in [-0.05, 0) is 12.1 Å². The zero-order chi connectivity index (χ0) is 9.26. The molecule has 0 amide bonds. The molecule has 1 aromatic carbocycles. The fraction of sp³-hybridized carbons (Fsp3) is 0. The maximum absolute atomic E-state index is 13.0. The number of hydrogen-bond donors (Lipinski definition) is 1. The molecule has 1 aromatic heterocycles. The van der Waals surface area contributed by atoms with Gasteiger partial charge in [0.15, 0.2) is 5.82 Å². The van der Waals surface area contributed by atoms with Gasteiger partial charge < -0.3 is 0 Å². The molecule has 1 heterocycles. The highest BCUT2D eigenvalue weighted by Gasteiger charge is 2.05. The molecule has 0 saturated heterocycles. The van der Waals surface area contributed by atoms with Gasteiger partial charge in [-0.15, -0.1) is 0 Å². The third-order valence-electron chi connectivity index (χ3n) is 1.73. The minimum absolute atomic E-state index is 0.359. The van der Waals surface area contributed by atoms with Crippen LogP contribution in [0.4, 0.5) is 4.39 Å². The second-order valence-corrected chi connectivity index (χ2v) is 3.04. The molecule has 0 fully saturated rings. The van der Waals surface area contributed by atoms with Crippen molar-refractivity contribution in [3.8, 4) is 11.3 Å². The minimum atomic E-state index is -0.359. The van der Waals surface area contributed by atoms with Crippen LogP contribution in [-0.4, -0.2) is 10.2 Å². The second-order valence-electron chi connectivity index (χ2n) is 2.60. The van der Waals surface area contributed by atoms with Crippen LogP contribution in [0.5, 0.6) is 0 Å². The number of nitrogens with one attached hydrogen (secondary N) is 1. The highest BCUT2D eigenvalue weighted by molar-refractivity contribution is 6.30. The number of aromatic nitrogens is 2. The number of nitrogens with zero attached hydrogens (tertiary/aromatic N) is 1. The molecular formula is C9H6ClFN2. The van der Waals surface area contributed by atoms with E-state index >= 15 is 0 Å². The average Bonchev–Trinajstić information content (AvgIpc) is 2.53. The molecule has 2 rings (SSSR count). The minimum Gasteiger partial charge on any atom is -0.275 e. The Kier molecular flexibility index (Phi) is 2.02. The molecule has 0 spiro atoms. The van der Waals surface area contributed by atoms with Crippen molar-refractivity contribution in [3.05, 3.63) is 41.3 Å². The Labute approximate surface area is 79.4 Å². The first-order valence-electron chi connectivity index (χ1n) is 3.72. The van der Waals surface area contributed by atoms with E-state index in [0.29, 0.717) is 10.7 Å². The summed E-state index contributed by atoms with van der Waals surface area (Å²) in [4.78, 5) is 0. The molecule has 13 heavy (non-hydrogen) atoms. The van der Waals surface area contributed by atoms with Gasteiger partial charge in [0, 0.05) is 10.6 Å². The van der Waals surface area contributed by atoms with Crippen LogP contribution < -0.4 is 0 Å². The van der Waals surface area contributed by atoms with E-state index < -0.39 is 0 Å². The van der Waals surface area contributed by atoms with Crippen molar-refractivity contribution in [1.29, 1.82) is 0 Å². The SMILES string of the molecule is Fc1cn[nH]c1-c1ccc(Cl)cc1. The lowest BCUT2D eigenvalue weighted by molar-refractivity contribution is 0.632. The van der Waals surface area contributed by atoms with Gasteiger partial charge in [-0.3, -0.25) is 5.10 Å². The van der Waals surface area contributed by atoms with Crippen molar-refractivity contribution in [3.63, 3.8) is 0 Å². The van der Waals surface area contributed by atoms with Gasteiger partial charge >= 0.3 is 0 Å². The van der Waals surface area contributed by atoms with Gasteiger partial charge in [0.05, 0.1) is 6.20 Å². The first-order chi connectivity index (χ1) is 6.27. The number of benzene rings is 1. The molecule has 2 aromatic rings. The van der Waals surface area contributed by atoms with Crippen molar-refractivity contribution in [2.75, 3.05) is 0 Å². The summed E-state index contributed by atoms with van der Waals surface area (Å²) in [6.45, 7) is 0. The van der Waals surface area contributed by atoms with Crippen LogP contribution in [-0.2, 0) is 0 Å². The largest absolute Gasteiger partial charge is 0.275 e. The second kappa shape index (κ2) is 3.18. The maximum Gasteiger partial charge on any atom is 0.168 e. The van der Waals surface area contributed by atoms with Gasteiger partial charge in [-0.1, -0.05) is 23.7 Å². The molecule has 66 valence electrons. The molecule has 0 saturated carbocycles. The first kappa shape index (κ1) is 8.26. The van der Waals surface area contributed by atoms with Crippen LogP contribution in [0.15, 0.2) is 30.5 Å². The number of rotatable bonds is 1. The monoisotopic (exact) mass is 196 g/mol. The molecular weight excluding hydrogens is 191 g/mol. The summed E-state index contributed by atoms with van der Waals surface area (Å²) in [6.07, 6.45) is 1.14. The van der Waals surface area contributed by atoms with E-state index in [-0.39, 0.29) is 5.82 Å². The number of hydrogen-bond acceptors (Lipinski definition) is 1. The molecule has 0 aliphatic heterocycles. The summed E-state index contributed by atoms with van der Waals surface area (Å²) in [5.41, 5.74) is 1.12. The highest BCUT2D eigenvalue weighted by Crippen LogP contribution is 2.21. The highest BCUT2D eigenvalue weighted by atomic mass is 35.5. The molecule has 0 bridgehead atoms. The van der Waals surface area contributed by atoms with E-state index in [1.165, 1.54) is 0 Å². The van der Waals surface area contributed by atoms with Gasteiger partial charge in [0.25, 0.3) is 0 Å². The van der Waals surface area contributed by atoms with Gasteiger partial charge in [0.1, 0.15) is 5.69 Å². The van der Waals surface area contributed by atoms with Gasteiger partial charge in [-0.2, -0.15) is 5.10 Å². The van der Waals surface area contributed by atoms with E-state index in [4.69, 9.17) is 11.6 Å². The Balaban J connectivity index is 2.47. The Hall–Kier alpha value is -1.35. The average molecular weight is 197 g/mol. The Morgan fingerprint density at radius 3 is 2.46 bits per heavy atom. The molecule has 2 nitrogen and oxygen atoms in total. The smallest absolute Gasteiger partial charge is 0.168 e. The summed E-state index contributed by atoms with van der Waals surface area (Å²) in [5.74, 6) is -0.359. The summed E-state index contributed by atoms with van der Waals surface area (Å²) >= 11 is 5.69. The maximum atomic E-state index is 13.0. The van der Waals surface area contributed by atoms with Gasteiger partial charge in [-0.25, -0.2) is 4.39 Å². The summed E-state index contributed by atoms with van der Waals surface area (Å²) in [6, 6.07) is 6.88. The van der Waals surface area contributed by atoms with Crippen molar-refractivity contribution < 1.29 is 4.39 Å². The van der Waals surface area contributed by atoms with Crippen molar-refractivity contribution >= 4 is 11.6 Å². The van der Waals surface area contributed by atoms with Crippen LogP contribution in [0.2, 0.25) is 5.02 Å². The molecule has 0 atom stereocenters. The van der Waals surface area contributed by atoms with Crippen molar-refractivity contribution in [1.82, 2.24) is 10.2 Å². The van der Waals surface area contributed by atoms with E-state index in [9.17, 15) is 4.39 Å². The van der Waals surface area contributed by atoms with Crippen molar-refractivity contribution in [2.24, 2.45) is 0 Å². The Morgan fingerprint density at radius 1 is 1.23 bits per heavy atom. The van der Waals surface area contributed by atoms with Crippen LogP contribution >= 0.6 is 11.6 Å². The Bertz CT molecular complexity index is 408. The molecule has 4 heteroatoms. The number of halogens is 2. The van der Waals surface area contributed by atoms with E-state index in [2.05, 4.69) is 10.2 Å². The lowest BCUT2D eigenvalue weighted by Gasteiger charge is -1.96. The molecule has 0 unspecified atom stereocenters. The molecule has 1 N–H and O–H groups in total. The predicted octanol–water partition coefficient (Wildman–Crippen LogP) is 2.87. The third-order valence-corrected chi connectivity index (χ3v) is 1.98. The van der Waals surface area contributed by atoms with Crippen molar-refractivity contribution in [2.45, 2.75) is 0 Å². The van der Waals surface area contributed by atoms with E-state index in [0.717, 1.165) is 11.8 Å². The number of H-pyrrole nitrogens is 1. The fourth-order valence-electron chi connectivity index (χ4n) is 1.09. The zero-order valence-corrected chi connectivity index (χ0v) is 7.35. The van der Waals surface area contributed by atoms with Crippen LogP contribution in [0.1, 0.15) is 0 Å². The number of aromatic amines is 1. The van der Waals surface area contributed by atoms with E-state index in [1.54, 1.807) is 24.3 Å². The van der Waals surface area contributed by atoms with E-state index in [1.807, 2.05) is 0 Å². The summed E-state index contributed by atoms with van der Waals surface area (Å²) in [7, 11) is 0. The quantitative estimate of drug-likeness (QED) is 0.747.